The van der Waals surface area contributed by atoms with E-state index in [9.17, 15) is 14.4 Å². The monoisotopic (exact) mass is 482 g/mol. The Morgan fingerprint density at radius 2 is 1.72 bits per heavy atom. The molecule has 3 amide bonds. The van der Waals surface area contributed by atoms with Crippen molar-refractivity contribution in [2.45, 2.75) is 10.1 Å². The third-order valence-corrected chi connectivity index (χ3v) is 7.44. The number of amides is 3. The zero-order valence-electron chi connectivity index (χ0n) is 16.7. The van der Waals surface area contributed by atoms with Crippen LogP contribution in [0.4, 0.5) is 0 Å². The molecule has 4 aromatic rings. The minimum atomic E-state index is -0.521. The number of thiazole rings is 1. The highest BCUT2D eigenvalue weighted by atomic mass is 32.2. The highest BCUT2D eigenvalue weighted by Crippen LogP contribution is 2.31. The summed E-state index contributed by atoms with van der Waals surface area (Å²) in [7, 11) is 0. The molecule has 0 fully saturated rings. The first-order valence-electron chi connectivity index (χ1n) is 9.57. The molecule has 0 saturated carbocycles. The van der Waals surface area contributed by atoms with E-state index in [-0.39, 0.29) is 12.5 Å². The first-order valence-corrected chi connectivity index (χ1v) is 12.2. The van der Waals surface area contributed by atoms with E-state index in [1.54, 1.807) is 52.7 Å². The summed E-state index contributed by atoms with van der Waals surface area (Å²) in [6.45, 7) is -0.237. The Balaban J connectivity index is 1.22. The van der Waals surface area contributed by atoms with Gasteiger partial charge >= 0.3 is 0 Å². The molecule has 0 atom stereocenters. The molecule has 7 nitrogen and oxygen atoms in total. The van der Waals surface area contributed by atoms with Gasteiger partial charge in [-0.3, -0.25) is 25.2 Å². The lowest BCUT2D eigenvalue weighted by Gasteiger charge is -2.08. The third kappa shape index (κ3) is 5.72. The third-order valence-electron chi connectivity index (χ3n) is 4.32. The molecule has 32 heavy (non-hydrogen) atoms. The van der Waals surface area contributed by atoms with Crippen molar-refractivity contribution in [1.82, 2.24) is 21.2 Å². The summed E-state index contributed by atoms with van der Waals surface area (Å²) in [4.78, 5) is 41.0. The first-order chi connectivity index (χ1) is 15.6. The Morgan fingerprint density at radius 3 is 2.47 bits per heavy atom. The van der Waals surface area contributed by atoms with E-state index >= 15 is 0 Å². The molecule has 2 heterocycles. The normalized spacial score (nSPS) is 10.6. The van der Waals surface area contributed by atoms with Gasteiger partial charge in [-0.25, -0.2) is 4.98 Å². The van der Waals surface area contributed by atoms with Gasteiger partial charge < -0.3 is 5.32 Å². The smallest absolute Gasteiger partial charge is 0.269 e. The number of rotatable bonds is 7. The molecule has 0 aliphatic carbocycles. The van der Waals surface area contributed by atoms with Gasteiger partial charge in [0, 0.05) is 11.3 Å². The maximum Gasteiger partial charge on any atom is 0.269 e. The number of aromatic nitrogens is 1. The average molecular weight is 483 g/mol. The van der Waals surface area contributed by atoms with Crippen molar-refractivity contribution in [2.75, 3.05) is 6.54 Å². The van der Waals surface area contributed by atoms with Gasteiger partial charge in [0.25, 0.3) is 17.7 Å². The number of hydrogen-bond acceptors (Lipinski definition) is 7. The number of benzene rings is 2. The summed E-state index contributed by atoms with van der Waals surface area (Å²) in [5.41, 5.74) is 7.12. The summed E-state index contributed by atoms with van der Waals surface area (Å²) >= 11 is 4.60. The molecule has 10 heteroatoms. The zero-order chi connectivity index (χ0) is 22.3. The molecule has 0 radical (unpaired) electrons. The molecule has 3 N–H and O–H groups in total. The van der Waals surface area contributed by atoms with E-state index in [1.165, 1.54) is 11.3 Å². The fourth-order valence-electron chi connectivity index (χ4n) is 2.71. The maximum absolute atomic E-state index is 12.2. The number of nitrogens with one attached hydrogen (secondary N) is 3. The van der Waals surface area contributed by atoms with Crippen molar-refractivity contribution in [3.63, 3.8) is 0 Å². The standard InChI is InChI=1S/C22H18N4O3S3/c27-19(12-23-21(29)18-6-3-11-30-18)25-26-20(28)15-9-7-14(8-10-15)13-31-22-24-16-4-1-2-5-17(16)32-22/h1-11H,12-13H2,(H,23,29)(H,25,27)(H,26,28). The predicted octanol–water partition coefficient (Wildman–Crippen LogP) is 3.84. The average Bonchev–Trinajstić information content (AvgIpc) is 3.50. The Kier molecular flexibility index (Phi) is 7.15. The van der Waals surface area contributed by atoms with E-state index < -0.39 is 11.8 Å². The summed E-state index contributed by atoms with van der Waals surface area (Å²) in [5, 5.41) is 4.27. The quantitative estimate of drug-likeness (QED) is 0.275. The van der Waals surface area contributed by atoms with Crippen molar-refractivity contribution in [2.24, 2.45) is 0 Å². The summed E-state index contributed by atoms with van der Waals surface area (Å²) in [6, 6.07) is 18.6. The maximum atomic E-state index is 12.2. The van der Waals surface area contributed by atoms with Crippen LogP contribution >= 0.6 is 34.4 Å². The van der Waals surface area contributed by atoms with Crippen LogP contribution in [0.25, 0.3) is 10.2 Å². The van der Waals surface area contributed by atoms with E-state index in [4.69, 9.17) is 0 Å². The lowest BCUT2D eigenvalue weighted by Crippen LogP contribution is -2.46. The molecule has 2 aromatic heterocycles. The van der Waals surface area contributed by atoms with Gasteiger partial charge in [0.1, 0.15) is 0 Å². The second-order valence-electron chi connectivity index (χ2n) is 6.60. The number of hydrazine groups is 1. The van der Waals surface area contributed by atoms with Crippen molar-refractivity contribution >= 4 is 62.4 Å². The van der Waals surface area contributed by atoms with Crippen LogP contribution in [0.15, 0.2) is 70.4 Å². The lowest BCUT2D eigenvalue weighted by molar-refractivity contribution is -0.120. The molecule has 0 bridgehead atoms. The number of thiophene rings is 1. The minimum Gasteiger partial charge on any atom is -0.342 e. The molecule has 4 rings (SSSR count). The molecule has 0 spiro atoms. The fraction of sp³-hybridized carbons (Fsp3) is 0.0909. The van der Waals surface area contributed by atoms with Gasteiger partial charge in [-0.05, 0) is 41.3 Å². The fourth-order valence-corrected chi connectivity index (χ4v) is 5.37. The first kappa shape index (κ1) is 22.0. The lowest BCUT2D eigenvalue weighted by atomic mass is 10.1. The summed E-state index contributed by atoms with van der Waals surface area (Å²) in [6.07, 6.45) is 0. The number of thioether (sulfide) groups is 1. The van der Waals surface area contributed by atoms with Gasteiger partial charge in [-0.15, -0.1) is 22.7 Å². The van der Waals surface area contributed by atoms with E-state index in [1.807, 2.05) is 30.3 Å². The summed E-state index contributed by atoms with van der Waals surface area (Å²) < 4.78 is 2.16. The van der Waals surface area contributed by atoms with Crippen LogP contribution in [0.5, 0.6) is 0 Å². The molecular formula is C22H18N4O3S3. The minimum absolute atomic E-state index is 0.237. The van der Waals surface area contributed by atoms with Crippen LogP contribution in [0.1, 0.15) is 25.6 Å². The van der Waals surface area contributed by atoms with Crippen LogP contribution in [0.3, 0.4) is 0 Å². The van der Waals surface area contributed by atoms with Gasteiger partial charge in [0.05, 0.1) is 21.6 Å². The predicted molar refractivity (Wildman–Crippen MR) is 128 cm³/mol. The molecule has 0 aliphatic rings. The number of fused-ring (bicyclic) bond motifs is 1. The Bertz CT molecular complexity index is 1200. The van der Waals surface area contributed by atoms with Gasteiger partial charge in [0.2, 0.25) is 0 Å². The van der Waals surface area contributed by atoms with Gasteiger partial charge in [0.15, 0.2) is 4.34 Å². The molecule has 162 valence electrons. The van der Waals surface area contributed by atoms with Crippen molar-refractivity contribution < 1.29 is 14.4 Å². The molecule has 2 aromatic carbocycles. The van der Waals surface area contributed by atoms with Gasteiger partial charge in [-0.1, -0.05) is 42.1 Å². The van der Waals surface area contributed by atoms with E-state index in [0.29, 0.717) is 10.4 Å². The molecular weight excluding hydrogens is 464 g/mol. The van der Waals surface area contributed by atoms with Gasteiger partial charge in [-0.2, -0.15) is 0 Å². The van der Waals surface area contributed by atoms with Crippen LogP contribution < -0.4 is 16.2 Å². The molecule has 0 saturated heterocycles. The second-order valence-corrected chi connectivity index (χ2v) is 9.80. The van der Waals surface area contributed by atoms with Crippen molar-refractivity contribution in [3.8, 4) is 0 Å². The van der Waals surface area contributed by atoms with Crippen LogP contribution in [0.2, 0.25) is 0 Å². The number of carbonyl (C=O) groups is 3. The van der Waals surface area contributed by atoms with Crippen LogP contribution in [-0.2, 0) is 10.5 Å². The highest BCUT2D eigenvalue weighted by Gasteiger charge is 2.11. The van der Waals surface area contributed by atoms with Crippen LogP contribution in [-0.4, -0.2) is 29.3 Å². The number of para-hydroxylation sites is 1. The zero-order valence-corrected chi connectivity index (χ0v) is 19.1. The van der Waals surface area contributed by atoms with Crippen molar-refractivity contribution in [3.05, 3.63) is 82.0 Å². The van der Waals surface area contributed by atoms with Crippen molar-refractivity contribution in [1.29, 1.82) is 0 Å². The second kappa shape index (κ2) is 10.4. The molecule has 0 aliphatic heterocycles. The Morgan fingerprint density at radius 1 is 0.906 bits per heavy atom. The largest absolute Gasteiger partial charge is 0.342 e. The highest BCUT2D eigenvalue weighted by molar-refractivity contribution is 8.00. The number of hydrogen-bond donors (Lipinski definition) is 3. The summed E-state index contributed by atoms with van der Waals surface area (Å²) in [5.74, 6) is -0.552. The van der Waals surface area contributed by atoms with Crippen LogP contribution in [0, 0.1) is 0 Å². The number of carbonyl (C=O) groups excluding carboxylic acids is 3. The topological polar surface area (TPSA) is 100 Å². The van der Waals surface area contributed by atoms with E-state index in [2.05, 4.69) is 27.2 Å². The molecule has 0 unspecified atom stereocenters. The Labute approximate surface area is 196 Å². The number of nitrogens with zero attached hydrogens (tertiary/aromatic N) is 1. The Hall–Kier alpha value is -3.21. The SMILES string of the molecule is O=C(CNC(=O)c1cccs1)NNC(=O)c1ccc(CSc2nc3ccccc3s2)cc1. The van der Waals surface area contributed by atoms with E-state index in [0.717, 1.165) is 25.9 Å².